The van der Waals surface area contributed by atoms with Crippen LogP contribution < -0.4 is 20.5 Å². The SMILES string of the molecule is CN(C)c1ccc(CNNC(=O)[C@@]2(Cc3ccccc3)N=C(c3ccc(OCCCO)cc3)O[C@H]2c2ccccc2)cc1. The summed E-state index contributed by atoms with van der Waals surface area (Å²) in [6, 6.07) is 35.2. The lowest BCUT2D eigenvalue weighted by Gasteiger charge is -2.31. The smallest absolute Gasteiger partial charge is 0.266 e. The van der Waals surface area contributed by atoms with Crippen molar-refractivity contribution in [2.75, 3.05) is 32.2 Å². The van der Waals surface area contributed by atoms with E-state index in [-0.39, 0.29) is 12.5 Å². The molecule has 1 aliphatic heterocycles. The molecule has 0 saturated heterocycles. The third-order valence-corrected chi connectivity index (χ3v) is 7.40. The lowest BCUT2D eigenvalue weighted by molar-refractivity contribution is -0.130. The number of aliphatic hydroxyl groups is 1. The van der Waals surface area contributed by atoms with Gasteiger partial charge in [-0.1, -0.05) is 72.8 Å². The highest BCUT2D eigenvalue weighted by Gasteiger charge is 2.53. The number of amides is 1. The Morgan fingerprint density at radius 2 is 1.58 bits per heavy atom. The molecule has 3 N–H and O–H groups in total. The average molecular weight is 579 g/mol. The van der Waals surface area contributed by atoms with Crippen molar-refractivity contribution in [3.8, 4) is 5.75 Å². The lowest BCUT2D eigenvalue weighted by Crippen LogP contribution is -2.53. The molecule has 8 nitrogen and oxygen atoms in total. The molecule has 0 spiro atoms. The van der Waals surface area contributed by atoms with Crippen molar-refractivity contribution in [2.24, 2.45) is 4.99 Å². The normalized spacial score (nSPS) is 17.6. The minimum Gasteiger partial charge on any atom is -0.494 e. The second kappa shape index (κ2) is 14.0. The number of nitrogens with one attached hydrogen (secondary N) is 2. The molecule has 8 heteroatoms. The summed E-state index contributed by atoms with van der Waals surface area (Å²) in [5, 5.41) is 9.04. The van der Waals surface area contributed by atoms with E-state index in [2.05, 4.69) is 10.9 Å². The molecule has 2 atom stereocenters. The number of benzene rings is 4. The molecule has 1 heterocycles. The van der Waals surface area contributed by atoms with Crippen LogP contribution in [0.4, 0.5) is 5.69 Å². The molecule has 0 bridgehead atoms. The number of hydrogen-bond donors (Lipinski definition) is 3. The Bertz CT molecular complexity index is 1490. The van der Waals surface area contributed by atoms with Gasteiger partial charge in [-0.3, -0.25) is 10.2 Å². The highest BCUT2D eigenvalue weighted by Crippen LogP contribution is 2.42. The van der Waals surface area contributed by atoms with E-state index >= 15 is 0 Å². The summed E-state index contributed by atoms with van der Waals surface area (Å²) in [6.07, 6.45) is 0.234. The third-order valence-electron chi connectivity index (χ3n) is 7.40. The first kappa shape index (κ1) is 29.8. The highest BCUT2D eigenvalue weighted by molar-refractivity contribution is 6.01. The number of hydrazine groups is 1. The van der Waals surface area contributed by atoms with Crippen LogP contribution in [0.15, 0.2) is 114 Å². The number of hydrogen-bond acceptors (Lipinski definition) is 7. The zero-order valence-corrected chi connectivity index (χ0v) is 24.6. The molecule has 1 amide bonds. The Labute approximate surface area is 253 Å². The predicted octanol–water partition coefficient (Wildman–Crippen LogP) is 4.83. The molecule has 0 saturated carbocycles. The number of anilines is 1. The maximum atomic E-state index is 14.3. The van der Waals surface area contributed by atoms with Crippen LogP contribution in [0, 0.1) is 0 Å². The first-order valence-corrected chi connectivity index (χ1v) is 14.5. The molecule has 0 radical (unpaired) electrons. The summed E-state index contributed by atoms with van der Waals surface area (Å²) in [5.74, 6) is 0.793. The molecule has 4 aromatic carbocycles. The van der Waals surface area contributed by atoms with Gasteiger partial charge in [-0.25, -0.2) is 10.4 Å². The second-order valence-corrected chi connectivity index (χ2v) is 10.7. The molecule has 0 unspecified atom stereocenters. The van der Waals surface area contributed by atoms with Crippen molar-refractivity contribution in [1.82, 2.24) is 10.9 Å². The highest BCUT2D eigenvalue weighted by atomic mass is 16.5. The molecule has 222 valence electrons. The predicted molar refractivity (Wildman–Crippen MR) is 169 cm³/mol. The van der Waals surface area contributed by atoms with Gasteiger partial charge in [0.25, 0.3) is 5.91 Å². The summed E-state index contributed by atoms with van der Waals surface area (Å²) in [4.78, 5) is 21.4. The summed E-state index contributed by atoms with van der Waals surface area (Å²) in [7, 11) is 4.01. The Morgan fingerprint density at radius 1 is 0.907 bits per heavy atom. The molecular formula is C35H38N4O4. The Kier molecular flexibility index (Phi) is 9.71. The van der Waals surface area contributed by atoms with Crippen LogP contribution in [-0.2, 0) is 22.5 Å². The number of rotatable bonds is 13. The van der Waals surface area contributed by atoms with E-state index in [9.17, 15) is 4.79 Å². The van der Waals surface area contributed by atoms with E-state index in [1.807, 2.05) is 128 Å². The van der Waals surface area contributed by atoms with Gasteiger partial charge in [0, 0.05) is 51.3 Å². The van der Waals surface area contributed by atoms with Gasteiger partial charge in [0.2, 0.25) is 5.90 Å². The molecule has 0 fully saturated rings. The number of aliphatic imine (C=N–C) groups is 1. The van der Waals surface area contributed by atoms with Gasteiger partial charge in [0.05, 0.1) is 6.61 Å². The number of nitrogens with zero attached hydrogens (tertiary/aromatic N) is 2. The van der Waals surface area contributed by atoms with Gasteiger partial charge < -0.3 is 19.5 Å². The van der Waals surface area contributed by atoms with E-state index < -0.39 is 11.6 Å². The van der Waals surface area contributed by atoms with E-state index in [0.717, 1.165) is 27.9 Å². The number of carbonyl (C=O) groups is 1. The fourth-order valence-corrected chi connectivity index (χ4v) is 5.06. The van der Waals surface area contributed by atoms with Crippen LogP contribution in [0.3, 0.4) is 0 Å². The van der Waals surface area contributed by atoms with Gasteiger partial charge in [0.1, 0.15) is 5.75 Å². The first-order chi connectivity index (χ1) is 21.0. The van der Waals surface area contributed by atoms with Crippen LogP contribution >= 0.6 is 0 Å². The largest absolute Gasteiger partial charge is 0.494 e. The van der Waals surface area contributed by atoms with Crippen LogP contribution in [0.2, 0.25) is 0 Å². The standard InChI is InChI=1S/C35H38N4O4/c1-39(2)30-18-14-27(15-19-30)25-36-38-34(41)35(24-26-10-5-3-6-11-26)32(28-12-7-4-8-13-28)43-33(37-35)29-16-20-31(21-17-29)42-23-9-22-40/h3-8,10-21,32,36,40H,9,22-25H2,1-2H3,(H,38,41)/t32-,35-/m0/s1. The molecular weight excluding hydrogens is 540 g/mol. The fraction of sp³-hybridized carbons (Fsp3) is 0.257. The molecule has 0 aromatic heterocycles. The van der Waals surface area contributed by atoms with Crippen LogP contribution in [0.5, 0.6) is 5.75 Å². The lowest BCUT2D eigenvalue weighted by atomic mass is 9.82. The Hall–Kier alpha value is -4.66. The molecule has 1 aliphatic rings. The van der Waals surface area contributed by atoms with E-state index in [1.165, 1.54) is 0 Å². The van der Waals surface area contributed by atoms with Crippen LogP contribution in [-0.4, -0.2) is 49.8 Å². The van der Waals surface area contributed by atoms with Crippen LogP contribution in [0.1, 0.15) is 34.8 Å². The fourth-order valence-electron chi connectivity index (χ4n) is 5.06. The quantitative estimate of drug-likeness (QED) is 0.155. The molecule has 5 rings (SSSR count). The van der Waals surface area contributed by atoms with Gasteiger partial charge in [-0.2, -0.15) is 0 Å². The second-order valence-electron chi connectivity index (χ2n) is 10.7. The molecule has 43 heavy (non-hydrogen) atoms. The molecule has 0 aliphatic carbocycles. The third kappa shape index (κ3) is 7.23. The summed E-state index contributed by atoms with van der Waals surface area (Å²) >= 11 is 0. The van der Waals surface area contributed by atoms with Crippen molar-refractivity contribution in [3.05, 3.63) is 131 Å². The number of carbonyl (C=O) groups excluding carboxylic acids is 1. The first-order valence-electron chi connectivity index (χ1n) is 14.5. The van der Waals surface area contributed by atoms with Crippen molar-refractivity contribution in [1.29, 1.82) is 0 Å². The topological polar surface area (TPSA) is 95.4 Å². The Balaban J connectivity index is 1.45. The van der Waals surface area contributed by atoms with Gasteiger partial charge in [0.15, 0.2) is 11.6 Å². The summed E-state index contributed by atoms with van der Waals surface area (Å²) < 4.78 is 12.3. The van der Waals surface area contributed by atoms with Crippen molar-refractivity contribution in [2.45, 2.75) is 31.0 Å². The monoisotopic (exact) mass is 578 g/mol. The molecule has 4 aromatic rings. The minimum atomic E-state index is -1.28. The van der Waals surface area contributed by atoms with E-state index in [4.69, 9.17) is 19.6 Å². The van der Waals surface area contributed by atoms with E-state index in [0.29, 0.717) is 37.6 Å². The van der Waals surface area contributed by atoms with Gasteiger partial charge in [-0.05, 0) is 53.1 Å². The summed E-state index contributed by atoms with van der Waals surface area (Å²) in [6.45, 7) is 0.954. The summed E-state index contributed by atoms with van der Waals surface area (Å²) in [5.41, 5.74) is 9.51. The maximum Gasteiger partial charge on any atom is 0.266 e. The van der Waals surface area contributed by atoms with Crippen molar-refractivity contribution in [3.63, 3.8) is 0 Å². The number of ether oxygens (including phenoxy) is 2. The number of aliphatic hydroxyl groups excluding tert-OH is 1. The maximum absolute atomic E-state index is 14.3. The van der Waals surface area contributed by atoms with Gasteiger partial charge >= 0.3 is 0 Å². The average Bonchev–Trinajstić information content (AvgIpc) is 3.43. The Morgan fingerprint density at radius 3 is 2.23 bits per heavy atom. The van der Waals surface area contributed by atoms with Gasteiger partial charge in [-0.15, -0.1) is 0 Å². The zero-order valence-electron chi connectivity index (χ0n) is 24.6. The van der Waals surface area contributed by atoms with Crippen molar-refractivity contribution < 1.29 is 19.4 Å². The minimum absolute atomic E-state index is 0.0761. The van der Waals surface area contributed by atoms with Crippen LogP contribution in [0.25, 0.3) is 0 Å². The van der Waals surface area contributed by atoms with E-state index in [1.54, 1.807) is 0 Å². The van der Waals surface area contributed by atoms with Crippen molar-refractivity contribution >= 4 is 17.5 Å². The zero-order chi connectivity index (χ0) is 30.1.